The molecule has 0 bridgehead atoms. The summed E-state index contributed by atoms with van der Waals surface area (Å²) in [6.45, 7) is 0.774. The molecule has 0 unspecified atom stereocenters. The lowest BCUT2D eigenvalue weighted by Gasteiger charge is -2.26. The minimum atomic E-state index is -3.78. The van der Waals surface area contributed by atoms with Gasteiger partial charge in [-0.1, -0.05) is 19.3 Å². The fraction of sp³-hybridized carbons (Fsp3) is 0.579. The summed E-state index contributed by atoms with van der Waals surface area (Å²) in [5, 5.41) is 2.88. The van der Waals surface area contributed by atoms with Crippen molar-refractivity contribution in [3.63, 3.8) is 0 Å². The highest BCUT2D eigenvalue weighted by Gasteiger charge is 2.29. The van der Waals surface area contributed by atoms with Crippen molar-refractivity contribution >= 4 is 37.8 Å². The van der Waals surface area contributed by atoms with Gasteiger partial charge in [-0.05, 0) is 47.0 Å². The predicted octanol–water partition coefficient (Wildman–Crippen LogP) is 2.08. The molecule has 1 aliphatic carbocycles. The van der Waals surface area contributed by atoms with Crippen molar-refractivity contribution in [1.29, 1.82) is 0 Å². The van der Waals surface area contributed by atoms with Crippen molar-refractivity contribution in [1.82, 2.24) is 9.62 Å². The van der Waals surface area contributed by atoms with Gasteiger partial charge < -0.3 is 14.8 Å². The first-order valence-electron chi connectivity index (χ1n) is 9.72. The Morgan fingerprint density at radius 3 is 2.55 bits per heavy atom. The molecule has 29 heavy (non-hydrogen) atoms. The number of nitrogens with one attached hydrogen (secondary N) is 1. The zero-order valence-electron chi connectivity index (χ0n) is 16.1. The van der Waals surface area contributed by atoms with Crippen LogP contribution in [0.3, 0.4) is 0 Å². The van der Waals surface area contributed by atoms with Crippen molar-refractivity contribution in [2.24, 2.45) is 0 Å². The van der Waals surface area contributed by atoms with Gasteiger partial charge >= 0.3 is 5.97 Å². The first kappa shape index (κ1) is 22.2. The van der Waals surface area contributed by atoms with Crippen LogP contribution in [0.4, 0.5) is 0 Å². The third kappa shape index (κ3) is 5.78. The lowest BCUT2D eigenvalue weighted by Crippen LogP contribution is -2.40. The van der Waals surface area contributed by atoms with Crippen LogP contribution in [0.2, 0.25) is 0 Å². The van der Waals surface area contributed by atoms with Crippen LogP contribution in [-0.4, -0.2) is 63.6 Å². The van der Waals surface area contributed by atoms with Gasteiger partial charge in [0.15, 0.2) is 6.61 Å². The highest BCUT2D eigenvalue weighted by atomic mass is 79.9. The third-order valence-corrected chi connectivity index (χ3v) is 7.95. The van der Waals surface area contributed by atoms with Crippen molar-refractivity contribution in [2.75, 3.05) is 32.9 Å². The molecule has 1 aromatic carbocycles. The van der Waals surface area contributed by atoms with Gasteiger partial charge in [-0.25, -0.2) is 13.2 Å². The molecule has 10 heteroatoms. The van der Waals surface area contributed by atoms with Gasteiger partial charge in [-0.2, -0.15) is 4.31 Å². The Kier molecular flexibility index (Phi) is 7.66. The average Bonchev–Trinajstić information content (AvgIpc) is 2.73. The standard InChI is InChI=1S/C19H25BrN2O6S/c20-16-7-6-14(12-17(16)29(25,26)22-8-10-27-11-9-22)19(24)28-13-18(23)21-15-4-2-1-3-5-15/h6-7,12,15H,1-5,8-11,13H2,(H,21,23). The number of nitrogens with zero attached hydrogens (tertiary/aromatic N) is 1. The Morgan fingerprint density at radius 1 is 1.17 bits per heavy atom. The Morgan fingerprint density at radius 2 is 1.86 bits per heavy atom. The summed E-state index contributed by atoms with van der Waals surface area (Å²) in [5.41, 5.74) is 0.0745. The van der Waals surface area contributed by atoms with E-state index in [-0.39, 0.29) is 35.5 Å². The summed E-state index contributed by atoms with van der Waals surface area (Å²) in [7, 11) is -3.78. The first-order valence-corrected chi connectivity index (χ1v) is 11.9. The van der Waals surface area contributed by atoms with Gasteiger partial charge in [0.1, 0.15) is 0 Å². The van der Waals surface area contributed by atoms with Crippen LogP contribution in [0.25, 0.3) is 0 Å². The summed E-state index contributed by atoms with van der Waals surface area (Å²) in [6.07, 6.45) is 5.24. The number of carbonyl (C=O) groups excluding carboxylic acids is 2. The number of amides is 1. The summed E-state index contributed by atoms with van der Waals surface area (Å²) < 4.78 is 37.8. The molecule has 3 rings (SSSR count). The number of benzene rings is 1. The van der Waals surface area contributed by atoms with E-state index in [2.05, 4.69) is 21.2 Å². The van der Waals surface area contributed by atoms with E-state index in [4.69, 9.17) is 9.47 Å². The van der Waals surface area contributed by atoms with Crippen LogP contribution >= 0.6 is 15.9 Å². The number of hydrogen-bond donors (Lipinski definition) is 1. The predicted molar refractivity (Wildman–Crippen MR) is 109 cm³/mol. The van der Waals surface area contributed by atoms with Crippen LogP contribution in [0.1, 0.15) is 42.5 Å². The molecule has 0 spiro atoms. The smallest absolute Gasteiger partial charge is 0.338 e. The second-order valence-corrected chi connectivity index (χ2v) is 9.90. The highest BCUT2D eigenvalue weighted by Crippen LogP contribution is 2.27. The third-order valence-electron chi connectivity index (χ3n) is 5.06. The number of sulfonamides is 1. The molecular weight excluding hydrogens is 464 g/mol. The minimum Gasteiger partial charge on any atom is -0.452 e. The van der Waals surface area contributed by atoms with E-state index < -0.39 is 22.6 Å². The molecule has 1 aliphatic heterocycles. The zero-order chi connectivity index (χ0) is 20.9. The molecule has 0 radical (unpaired) electrons. The molecule has 1 N–H and O–H groups in total. The van der Waals surface area contributed by atoms with Gasteiger partial charge in [0.25, 0.3) is 5.91 Å². The SMILES string of the molecule is O=C(COC(=O)c1ccc(Br)c(S(=O)(=O)N2CCOCC2)c1)NC1CCCCC1. The number of rotatable bonds is 6. The van der Waals surface area contributed by atoms with E-state index in [0.717, 1.165) is 25.7 Å². The maximum atomic E-state index is 12.9. The molecule has 1 saturated heterocycles. The van der Waals surface area contributed by atoms with Crippen LogP contribution in [0.15, 0.2) is 27.6 Å². The molecule has 1 saturated carbocycles. The fourth-order valence-corrected chi connectivity index (χ4v) is 5.84. The van der Waals surface area contributed by atoms with Gasteiger partial charge in [-0.3, -0.25) is 4.79 Å². The van der Waals surface area contributed by atoms with E-state index in [0.29, 0.717) is 17.7 Å². The molecule has 2 aliphatic rings. The molecule has 2 fully saturated rings. The normalized spacial score (nSPS) is 18.9. The van der Waals surface area contributed by atoms with E-state index in [9.17, 15) is 18.0 Å². The van der Waals surface area contributed by atoms with E-state index in [1.807, 2.05) is 0 Å². The quantitative estimate of drug-likeness (QED) is 0.614. The number of carbonyl (C=O) groups is 2. The Balaban J connectivity index is 1.63. The average molecular weight is 489 g/mol. The van der Waals surface area contributed by atoms with Crippen molar-refractivity contribution in [2.45, 2.75) is 43.0 Å². The second kappa shape index (κ2) is 10.0. The van der Waals surface area contributed by atoms with Gasteiger partial charge in [-0.15, -0.1) is 0 Å². The van der Waals surface area contributed by atoms with Crippen LogP contribution < -0.4 is 5.32 Å². The molecule has 160 valence electrons. The van der Waals surface area contributed by atoms with Crippen LogP contribution in [0, 0.1) is 0 Å². The molecule has 0 atom stereocenters. The lowest BCUT2D eigenvalue weighted by molar-refractivity contribution is -0.125. The lowest BCUT2D eigenvalue weighted by atomic mass is 9.95. The first-order chi connectivity index (χ1) is 13.9. The fourth-order valence-electron chi connectivity index (χ4n) is 3.48. The number of ether oxygens (including phenoxy) is 2. The van der Waals surface area contributed by atoms with Gasteiger partial charge in [0.05, 0.1) is 23.7 Å². The maximum Gasteiger partial charge on any atom is 0.338 e. The zero-order valence-corrected chi connectivity index (χ0v) is 18.5. The van der Waals surface area contributed by atoms with Crippen molar-refractivity contribution in [3.8, 4) is 0 Å². The van der Waals surface area contributed by atoms with E-state index in [1.165, 1.54) is 28.9 Å². The maximum absolute atomic E-state index is 12.9. The highest BCUT2D eigenvalue weighted by molar-refractivity contribution is 9.10. The monoisotopic (exact) mass is 488 g/mol. The molecule has 8 nitrogen and oxygen atoms in total. The van der Waals surface area contributed by atoms with Crippen LogP contribution in [0.5, 0.6) is 0 Å². The minimum absolute atomic E-state index is 0.0134. The summed E-state index contributed by atoms with van der Waals surface area (Å²) in [5.74, 6) is -1.08. The second-order valence-electron chi connectivity index (χ2n) is 7.14. The van der Waals surface area contributed by atoms with E-state index >= 15 is 0 Å². The number of halogens is 1. The number of morpholine rings is 1. The Labute approximate surface area is 179 Å². The Hall–Kier alpha value is -1.49. The Bertz CT molecular complexity index is 848. The van der Waals surface area contributed by atoms with E-state index in [1.54, 1.807) is 0 Å². The topological polar surface area (TPSA) is 102 Å². The molecular formula is C19H25BrN2O6S. The molecule has 1 heterocycles. The van der Waals surface area contributed by atoms with Gasteiger partial charge in [0, 0.05) is 23.6 Å². The van der Waals surface area contributed by atoms with Crippen molar-refractivity contribution < 1.29 is 27.5 Å². The summed E-state index contributed by atoms with van der Waals surface area (Å²) in [4.78, 5) is 24.4. The molecule has 0 aromatic heterocycles. The number of hydrogen-bond acceptors (Lipinski definition) is 6. The molecule has 1 amide bonds. The largest absolute Gasteiger partial charge is 0.452 e. The molecule has 1 aromatic rings. The van der Waals surface area contributed by atoms with Crippen LogP contribution in [-0.2, 0) is 24.3 Å². The summed E-state index contributed by atoms with van der Waals surface area (Å²) in [6, 6.07) is 4.36. The summed E-state index contributed by atoms with van der Waals surface area (Å²) >= 11 is 3.25. The van der Waals surface area contributed by atoms with Gasteiger partial charge in [0.2, 0.25) is 10.0 Å². The number of esters is 1. The van der Waals surface area contributed by atoms with Crippen molar-refractivity contribution in [3.05, 3.63) is 28.2 Å².